The minimum absolute atomic E-state index is 0.00294. The summed E-state index contributed by atoms with van der Waals surface area (Å²) in [6.07, 6.45) is 20.0. The zero-order valence-corrected chi connectivity index (χ0v) is 38.7. The summed E-state index contributed by atoms with van der Waals surface area (Å²) in [5.41, 5.74) is 4.21. The molecule has 9 nitrogen and oxygen atoms in total. The summed E-state index contributed by atoms with van der Waals surface area (Å²) >= 11 is 0. The first-order valence-corrected chi connectivity index (χ1v) is 25.2. The second kappa shape index (κ2) is 15.8. The lowest BCUT2D eigenvalue weighted by Crippen LogP contribution is -2.68. The van der Waals surface area contributed by atoms with Gasteiger partial charge in [-0.05, 0) is 159 Å². The molecule has 332 valence electrons. The van der Waals surface area contributed by atoms with E-state index in [-0.39, 0.29) is 27.2 Å². The van der Waals surface area contributed by atoms with Gasteiger partial charge in [-0.1, -0.05) is 58.9 Å². The number of hydrogen-bond acceptors (Lipinski definition) is 8. The predicted molar refractivity (Wildman–Crippen MR) is 239 cm³/mol. The zero-order valence-electron chi connectivity index (χ0n) is 37.9. The second-order valence-corrected chi connectivity index (χ2v) is 24.3. The average molecular weight is 846 g/mol. The molecule has 1 unspecified atom stereocenters. The smallest absolute Gasteiger partial charge is 0.310 e. The van der Waals surface area contributed by atoms with Crippen molar-refractivity contribution in [2.24, 2.45) is 56.7 Å². The Labute approximate surface area is 361 Å². The minimum Gasteiger partial charge on any atom is -0.497 e. The van der Waals surface area contributed by atoms with Crippen LogP contribution in [-0.4, -0.2) is 86.3 Å². The molecule has 5 fully saturated rings. The fourth-order valence-electron chi connectivity index (χ4n) is 15.7. The lowest BCUT2D eigenvalue weighted by Gasteiger charge is -2.72. The number of carboxylic acid groups (broad SMARTS) is 1. The molecule has 1 aromatic rings. The quantitative estimate of drug-likeness (QED) is 0.199. The predicted octanol–water partition coefficient (Wildman–Crippen LogP) is 9.31. The van der Waals surface area contributed by atoms with E-state index in [1.54, 1.807) is 25.4 Å². The van der Waals surface area contributed by atoms with E-state index in [1.165, 1.54) is 68.1 Å². The van der Waals surface area contributed by atoms with Crippen molar-refractivity contribution in [2.45, 2.75) is 131 Å². The zero-order chi connectivity index (χ0) is 42.9. The van der Waals surface area contributed by atoms with E-state index in [9.17, 15) is 18.3 Å². The molecule has 2 N–H and O–H groups in total. The number of hydrogen-bond donors (Lipinski definition) is 2. The first kappa shape index (κ1) is 43.9. The number of rotatable bonds is 12. The Balaban J connectivity index is 0.985. The van der Waals surface area contributed by atoms with E-state index in [0.29, 0.717) is 91.7 Å². The molecule has 8 rings (SSSR count). The molecule has 0 bridgehead atoms. The molecular weight excluding hydrogens is 771 g/mol. The van der Waals surface area contributed by atoms with Gasteiger partial charge in [-0.15, -0.1) is 0 Å². The number of methoxy groups -OCH3 is 1. The van der Waals surface area contributed by atoms with Crippen LogP contribution in [-0.2, 0) is 14.6 Å². The fraction of sp³-hybridized carbons (Fsp3) is 0.760. The molecule has 6 aliphatic carbocycles. The molecule has 4 saturated carbocycles. The van der Waals surface area contributed by atoms with Crippen LogP contribution in [0, 0.1) is 56.7 Å². The van der Waals surface area contributed by atoms with Gasteiger partial charge >= 0.3 is 5.97 Å². The molecule has 0 radical (unpaired) electrons. The Morgan fingerprint density at radius 1 is 0.967 bits per heavy atom. The Morgan fingerprint density at radius 2 is 1.73 bits per heavy atom. The van der Waals surface area contributed by atoms with Crippen molar-refractivity contribution in [3.05, 3.63) is 53.8 Å². The van der Waals surface area contributed by atoms with Crippen molar-refractivity contribution in [3.8, 4) is 11.6 Å². The molecule has 60 heavy (non-hydrogen) atoms. The van der Waals surface area contributed by atoms with Gasteiger partial charge in [0.2, 0.25) is 5.88 Å². The number of nitrogens with zero attached hydrogens (tertiary/aromatic N) is 2. The highest BCUT2D eigenvalue weighted by molar-refractivity contribution is 7.91. The maximum absolute atomic E-state index is 12.8. The summed E-state index contributed by atoms with van der Waals surface area (Å²) in [6.45, 7) is 23.5. The normalized spacial score (nSPS) is 40.8. The molecule has 1 saturated heterocycles. The van der Waals surface area contributed by atoms with Crippen LogP contribution < -0.4 is 14.8 Å². The number of ether oxygens (including phenoxy) is 2. The Bertz CT molecular complexity index is 2000. The Kier molecular flexibility index (Phi) is 11.6. The highest BCUT2D eigenvalue weighted by Gasteiger charge is 2.70. The summed E-state index contributed by atoms with van der Waals surface area (Å²) in [5.74, 6) is 4.00. The molecule has 1 aromatic heterocycles. The molecular formula is C50H75N3O6S. The van der Waals surface area contributed by atoms with E-state index >= 15 is 0 Å². The number of sulfone groups is 1. The Morgan fingerprint density at radius 3 is 2.42 bits per heavy atom. The van der Waals surface area contributed by atoms with Crippen LogP contribution in [0.3, 0.4) is 0 Å². The monoisotopic (exact) mass is 846 g/mol. The van der Waals surface area contributed by atoms with Crippen LogP contribution >= 0.6 is 0 Å². The third-order valence-electron chi connectivity index (χ3n) is 19.2. The summed E-state index contributed by atoms with van der Waals surface area (Å²) in [7, 11) is -1.27. The average Bonchev–Trinajstić information content (AvgIpc) is 3.59. The highest BCUT2D eigenvalue weighted by atomic mass is 32.2. The summed E-state index contributed by atoms with van der Waals surface area (Å²) < 4.78 is 35.4. The molecule has 10 heteroatoms. The number of carbonyl (C=O) groups is 1. The summed E-state index contributed by atoms with van der Waals surface area (Å²) in [6, 6.07) is 3.51. The van der Waals surface area contributed by atoms with Crippen molar-refractivity contribution in [2.75, 3.05) is 51.4 Å². The van der Waals surface area contributed by atoms with Crippen molar-refractivity contribution < 1.29 is 27.8 Å². The highest BCUT2D eigenvalue weighted by Crippen LogP contribution is 2.76. The minimum atomic E-state index is -2.88. The number of nitrogens with one attached hydrogen (secondary N) is 1. The van der Waals surface area contributed by atoms with Gasteiger partial charge in [0.25, 0.3) is 0 Å². The third kappa shape index (κ3) is 7.22. The standard InChI is InChI=1S/C50H75N3O6S/c1-34(2)37-13-21-50(52-26-27-53-28-31-60(56,57)32-29-53)23-22-47(6)39(43(37)50)9-10-41-46(5)17-14-38(45(3,4)40(46)15-18-48(41,47)7)35-11-19-49(20-12-35,44(54)55)24-30-59-42-33-36(58-8)16-25-51-42/h11,14,16,25,33,37,39-41,43,52H,1,9-10,12-13,15,17-24,26-32H2,2-8H3,(H,54,55)/t37-,39+,40-,41+,43+,46-,47+,48+,49?,50-/m0/s1. The molecule has 0 aromatic carbocycles. The molecule has 10 atom stereocenters. The van der Waals surface area contributed by atoms with E-state index in [0.717, 1.165) is 25.9 Å². The van der Waals surface area contributed by atoms with Gasteiger partial charge in [0, 0.05) is 44.0 Å². The van der Waals surface area contributed by atoms with E-state index in [4.69, 9.17) is 9.47 Å². The topological polar surface area (TPSA) is 118 Å². The van der Waals surface area contributed by atoms with E-state index < -0.39 is 21.2 Å². The van der Waals surface area contributed by atoms with Crippen molar-refractivity contribution >= 4 is 15.8 Å². The third-order valence-corrected chi connectivity index (χ3v) is 20.8. The molecule has 1 aliphatic heterocycles. The van der Waals surface area contributed by atoms with Gasteiger partial charge in [0.1, 0.15) is 5.75 Å². The van der Waals surface area contributed by atoms with Crippen molar-refractivity contribution in [1.82, 2.24) is 15.2 Å². The largest absolute Gasteiger partial charge is 0.497 e. The molecule has 7 aliphatic rings. The number of pyridine rings is 1. The fourth-order valence-corrected chi connectivity index (χ4v) is 16.9. The van der Waals surface area contributed by atoms with Gasteiger partial charge in [-0.3, -0.25) is 4.79 Å². The van der Waals surface area contributed by atoms with Gasteiger partial charge in [0.15, 0.2) is 9.84 Å². The first-order chi connectivity index (χ1) is 28.3. The number of allylic oxidation sites excluding steroid dienone is 5. The van der Waals surface area contributed by atoms with Crippen molar-refractivity contribution in [1.29, 1.82) is 0 Å². The van der Waals surface area contributed by atoms with Gasteiger partial charge < -0.3 is 24.8 Å². The number of fused-ring (bicyclic) bond motifs is 7. The van der Waals surface area contributed by atoms with Crippen molar-refractivity contribution in [3.63, 3.8) is 0 Å². The van der Waals surface area contributed by atoms with Gasteiger partial charge in [0.05, 0.1) is 30.6 Å². The summed E-state index contributed by atoms with van der Waals surface area (Å²) in [5, 5.41) is 14.8. The summed E-state index contributed by atoms with van der Waals surface area (Å²) in [4.78, 5) is 19.5. The number of carboxylic acids is 1. The molecule has 2 heterocycles. The lowest BCUT2D eigenvalue weighted by molar-refractivity contribution is -0.221. The van der Waals surface area contributed by atoms with Crippen LogP contribution in [0.25, 0.3) is 0 Å². The van der Waals surface area contributed by atoms with Gasteiger partial charge in [-0.25, -0.2) is 13.4 Å². The SMILES string of the molecule is C=C(C)[C@@H]1CC[C@]2(NCCN3CCS(=O)(=O)CC3)CC[C@]3(C)[C@H](CC[C@@H]4[C@@]5(C)CC=C(C6=CCC(CCOc7cc(OC)ccn7)(C(=O)O)CC6)C(C)(C)[C@@H]5CC[C@]43C)[C@@H]12. The van der Waals surface area contributed by atoms with Crippen LogP contribution in [0.4, 0.5) is 0 Å². The van der Waals surface area contributed by atoms with Crippen LogP contribution in [0.15, 0.2) is 53.8 Å². The lowest BCUT2D eigenvalue weighted by atomic mass is 9.33. The molecule has 0 spiro atoms. The van der Waals surface area contributed by atoms with Crippen LogP contribution in [0.5, 0.6) is 11.6 Å². The number of aromatic nitrogens is 1. The second-order valence-electron chi connectivity index (χ2n) is 22.0. The van der Waals surface area contributed by atoms with Crippen LogP contribution in [0.2, 0.25) is 0 Å². The first-order valence-electron chi connectivity index (χ1n) is 23.4. The maximum Gasteiger partial charge on any atom is 0.310 e. The Hall–Kier alpha value is -2.69. The molecule has 0 amide bonds. The van der Waals surface area contributed by atoms with E-state index in [2.05, 4.69) is 75.5 Å². The van der Waals surface area contributed by atoms with Crippen LogP contribution in [0.1, 0.15) is 125 Å². The van der Waals surface area contributed by atoms with E-state index in [1.807, 2.05) is 0 Å². The van der Waals surface area contributed by atoms with Gasteiger partial charge in [-0.2, -0.15) is 0 Å². The maximum atomic E-state index is 12.8. The number of aliphatic carboxylic acids is 1.